The monoisotopic (exact) mass is 261 g/mol. The minimum atomic E-state index is -0.227. The zero-order chi connectivity index (χ0) is 13.9. The van der Waals surface area contributed by atoms with E-state index in [2.05, 4.69) is 39.0 Å². The average molecular weight is 261 g/mol. The molecule has 0 aliphatic carbocycles. The summed E-state index contributed by atoms with van der Waals surface area (Å²) in [6.45, 7) is 7.39. The van der Waals surface area contributed by atoms with Crippen molar-refractivity contribution in [3.05, 3.63) is 34.9 Å². The smallest absolute Gasteiger partial charge is 0.0576 e. The first-order chi connectivity index (χ1) is 8.99. The summed E-state index contributed by atoms with van der Waals surface area (Å²) in [7, 11) is 0. The zero-order valence-corrected chi connectivity index (χ0v) is 12.5. The maximum Gasteiger partial charge on any atom is 0.0576 e. The molecule has 0 bridgehead atoms. The minimum Gasteiger partial charge on any atom is -0.378 e. The molecule has 19 heavy (non-hydrogen) atoms. The SMILES string of the molecule is Cc1ccc(C)c(C(C)(N)CCCC2CCCO2)c1. The summed E-state index contributed by atoms with van der Waals surface area (Å²) in [5.41, 5.74) is 10.2. The molecule has 0 radical (unpaired) electrons. The van der Waals surface area contributed by atoms with Gasteiger partial charge in [0.25, 0.3) is 0 Å². The van der Waals surface area contributed by atoms with Gasteiger partial charge >= 0.3 is 0 Å². The molecule has 1 saturated heterocycles. The van der Waals surface area contributed by atoms with Crippen LogP contribution in [0.15, 0.2) is 18.2 Å². The Hall–Kier alpha value is -0.860. The average Bonchev–Trinajstić information content (AvgIpc) is 2.85. The van der Waals surface area contributed by atoms with Crippen molar-refractivity contribution in [3.8, 4) is 0 Å². The van der Waals surface area contributed by atoms with Crippen molar-refractivity contribution in [2.24, 2.45) is 5.73 Å². The number of aryl methyl sites for hydroxylation is 2. The van der Waals surface area contributed by atoms with Gasteiger partial charge in [0, 0.05) is 12.1 Å². The summed E-state index contributed by atoms with van der Waals surface area (Å²) in [5, 5.41) is 0. The van der Waals surface area contributed by atoms with Gasteiger partial charge in [-0.15, -0.1) is 0 Å². The maximum atomic E-state index is 6.55. The van der Waals surface area contributed by atoms with Crippen LogP contribution < -0.4 is 5.73 Å². The van der Waals surface area contributed by atoms with Crippen LogP contribution in [0.4, 0.5) is 0 Å². The first-order valence-electron chi connectivity index (χ1n) is 7.47. The highest BCUT2D eigenvalue weighted by Crippen LogP contribution is 2.29. The predicted octanol–water partition coefficient (Wildman–Crippen LogP) is 3.83. The number of rotatable bonds is 5. The second-order valence-electron chi connectivity index (χ2n) is 6.26. The molecule has 2 N–H and O–H groups in total. The lowest BCUT2D eigenvalue weighted by Crippen LogP contribution is -2.34. The van der Waals surface area contributed by atoms with Crippen molar-refractivity contribution in [2.45, 2.75) is 64.5 Å². The molecule has 2 heteroatoms. The van der Waals surface area contributed by atoms with Crippen molar-refractivity contribution in [1.82, 2.24) is 0 Å². The Morgan fingerprint density at radius 1 is 1.37 bits per heavy atom. The second-order valence-corrected chi connectivity index (χ2v) is 6.26. The van der Waals surface area contributed by atoms with Gasteiger partial charge in [-0.25, -0.2) is 0 Å². The van der Waals surface area contributed by atoms with Crippen molar-refractivity contribution in [2.75, 3.05) is 6.61 Å². The molecule has 1 heterocycles. The van der Waals surface area contributed by atoms with Gasteiger partial charge in [-0.3, -0.25) is 0 Å². The topological polar surface area (TPSA) is 35.2 Å². The fourth-order valence-electron chi connectivity index (χ4n) is 3.05. The highest BCUT2D eigenvalue weighted by Gasteiger charge is 2.24. The first kappa shape index (κ1) is 14.5. The Bertz CT molecular complexity index is 419. The number of nitrogens with two attached hydrogens (primary N) is 1. The van der Waals surface area contributed by atoms with E-state index in [0.29, 0.717) is 6.10 Å². The quantitative estimate of drug-likeness (QED) is 0.874. The Labute approximate surface area is 117 Å². The first-order valence-corrected chi connectivity index (χ1v) is 7.47. The van der Waals surface area contributed by atoms with Gasteiger partial charge in [0.05, 0.1) is 6.10 Å². The van der Waals surface area contributed by atoms with E-state index < -0.39 is 0 Å². The van der Waals surface area contributed by atoms with Crippen LogP contribution in [0.2, 0.25) is 0 Å². The van der Waals surface area contributed by atoms with Crippen LogP contribution in [0.5, 0.6) is 0 Å². The van der Waals surface area contributed by atoms with Gasteiger partial charge in [0.2, 0.25) is 0 Å². The van der Waals surface area contributed by atoms with Crippen LogP contribution in [0.25, 0.3) is 0 Å². The fraction of sp³-hybridized carbons (Fsp3) is 0.647. The lowest BCUT2D eigenvalue weighted by Gasteiger charge is -2.28. The van der Waals surface area contributed by atoms with E-state index in [1.54, 1.807) is 0 Å². The molecule has 1 aromatic rings. The predicted molar refractivity (Wildman–Crippen MR) is 80.3 cm³/mol. The lowest BCUT2D eigenvalue weighted by molar-refractivity contribution is 0.100. The zero-order valence-electron chi connectivity index (χ0n) is 12.5. The summed E-state index contributed by atoms with van der Waals surface area (Å²) in [6, 6.07) is 6.57. The molecule has 0 aromatic heterocycles. The fourth-order valence-corrected chi connectivity index (χ4v) is 3.05. The molecule has 0 spiro atoms. The van der Waals surface area contributed by atoms with Crippen LogP contribution in [0.1, 0.15) is 55.7 Å². The molecule has 1 aliphatic heterocycles. The molecular weight excluding hydrogens is 234 g/mol. The molecule has 2 unspecified atom stereocenters. The summed E-state index contributed by atoms with van der Waals surface area (Å²) < 4.78 is 5.68. The van der Waals surface area contributed by atoms with E-state index in [9.17, 15) is 0 Å². The summed E-state index contributed by atoms with van der Waals surface area (Å²) in [6.07, 6.45) is 6.25. The molecule has 1 fully saturated rings. The normalized spacial score (nSPS) is 22.4. The van der Waals surface area contributed by atoms with Crippen LogP contribution >= 0.6 is 0 Å². The van der Waals surface area contributed by atoms with Crippen molar-refractivity contribution in [3.63, 3.8) is 0 Å². The summed E-state index contributed by atoms with van der Waals surface area (Å²) >= 11 is 0. The largest absolute Gasteiger partial charge is 0.378 e. The number of ether oxygens (including phenoxy) is 1. The minimum absolute atomic E-state index is 0.227. The lowest BCUT2D eigenvalue weighted by atomic mass is 9.84. The van der Waals surface area contributed by atoms with Crippen LogP contribution in [-0.2, 0) is 10.3 Å². The number of hydrogen-bond acceptors (Lipinski definition) is 2. The molecule has 0 amide bonds. The molecule has 106 valence electrons. The van der Waals surface area contributed by atoms with E-state index in [0.717, 1.165) is 25.9 Å². The maximum absolute atomic E-state index is 6.55. The molecule has 1 aliphatic rings. The van der Waals surface area contributed by atoms with Gasteiger partial charge in [0.15, 0.2) is 0 Å². The summed E-state index contributed by atoms with van der Waals surface area (Å²) in [4.78, 5) is 0. The Balaban J connectivity index is 1.94. The van der Waals surface area contributed by atoms with Crippen LogP contribution in [0.3, 0.4) is 0 Å². The Morgan fingerprint density at radius 3 is 2.84 bits per heavy atom. The van der Waals surface area contributed by atoms with Gasteiger partial charge in [-0.2, -0.15) is 0 Å². The van der Waals surface area contributed by atoms with Gasteiger partial charge in [-0.05, 0) is 64.0 Å². The van der Waals surface area contributed by atoms with Crippen LogP contribution in [-0.4, -0.2) is 12.7 Å². The second kappa shape index (κ2) is 6.06. The summed E-state index contributed by atoms with van der Waals surface area (Å²) in [5.74, 6) is 0. The van der Waals surface area contributed by atoms with E-state index in [1.165, 1.54) is 29.5 Å². The van der Waals surface area contributed by atoms with E-state index in [1.807, 2.05) is 0 Å². The van der Waals surface area contributed by atoms with Crippen molar-refractivity contribution < 1.29 is 4.74 Å². The molecular formula is C17H27NO. The molecule has 2 rings (SSSR count). The van der Waals surface area contributed by atoms with Gasteiger partial charge in [0.1, 0.15) is 0 Å². The van der Waals surface area contributed by atoms with Crippen LogP contribution in [0, 0.1) is 13.8 Å². The Morgan fingerprint density at radius 2 is 2.16 bits per heavy atom. The highest BCUT2D eigenvalue weighted by atomic mass is 16.5. The van der Waals surface area contributed by atoms with Crippen molar-refractivity contribution in [1.29, 1.82) is 0 Å². The highest BCUT2D eigenvalue weighted by molar-refractivity contribution is 5.35. The molecule has 2 atom stereocenters. The van der Waals surface area contributed by atoms with Crippen molar-refractivity contribution >= 4 is 0 Å². The third-order valence-electron chi connectivity index (χ3n) is 4.25. The van der Waals surface area contributed by atoms with Gasteiger partial charge < -0.3 is 10.5 Å². The Kier molecular flexibility index (Phi) is 4.64. The molecule has 1 aromatic carbocycles. The third-order valence-corrected chi connectivity index (χ3v) is 4.25. The molecule has 0 saturated carbocycles. The van der Waals surface area contributed by atoms with E-state index >= 15 is 0 Å². The molecule has 2 nitrogen and oxygen atoms in total. The third kappa shape index (κ3) is 3.80. The van der Waals surface area contributed by atoms with Gasteiger partial charge in [-0.1, -0.05) is 23.8 Å². The van der Waals surface area contributed by atoms with E-state index in [-0.39, 0.29) is 5.54 Å². The standard InChI is InChI=1S/C17H27NO/c1-13-8-9-14(2)16(12-13)17(3,18)10-4-6-15-7-5-11-19-15/h8-9,12,15H,4-7,10-11,18H2,1-3H3. The van der Waals surface area contributed by atoms with E-state index in [4.69, 9.17) is 10.5 Å². The number of hydrogen-bond donors (Lipinski definition) is 1. The number of benzene rings is 1.